The van der Waals surface area contributed by atoms with E-state index >= 15 is 0 Å². The Kier molecular flexibility index (Phi) is 4.45. The third-order valence-electron chi connectivity index (χ3n) is 2.70. The number of halogens is 1. The second-order valence-electron chi connectivity index (χ2n) is 3.84. The van der Waals surface area contributed by atoms with Crippen LogP contribution in [0.2, 0.25) is 0 Å². The molecule has 0 spiro atoms. The molecule has 1 atom stereocenters. The molecule has 17 heavy (non-hydrogen) atoms. The van der Waals surface area contributed by atoms with Crippen molar-refractivity contribution < 1.29 is 19.0 Å². The largest absolute Gasteiger partial charge is 0.496 e. The molecule has 1 aromatic carbocycles. The van der Waals surface area contributed by atoms with Gasteiger partial charge < -0.3 is 9.84 Å². The van der Waals surface area contributed by atoms with E-state index in [1.54, 1.807) is 31.0 Å². The molecule has 0 fully saturated rings. The SMILES string of the molecule is COc1cccc(F)c1C(C)N(C)CC(=O)O. The maximum absolute atomic E-state index is 13.7. The molecule has 94 valence electrons. The first kappa shape index (κ1) is 13.4. The van der Waals surface area contributed by atoms with Gasteiger partial charge in [-0.2, -0.15) is 0 Å². The number of methoxy groups -OCH3 is 1. The van der Waals surface area contributed by atoms with Crippen LogP contribution >= 0.6 is 0 Å². The van der Waals surface area contributed by atoms with Crippen LogP contribution < -0.4 is 4.74 Å². The second-order valence-corrected chi connectivity index (χ2v) is 3.84. The van der Waals surface area contributed by atoms with E-state index in [1.807, 2.05) is 0 Å². The van der Waals surface area contributed by atoms with Crippen molar-refractivity contribution in [2.75, 3.05) is 20.7 Å². The van der Waals surface area contributed by atoms with Crippen molar-refractivity contribution in [1.82, 2.24) is 4.90 Å². The lowest BCUT2D eigenvalue weighted by atomic mass is 10.1. The highest BCUT2D eigenvalue weighted by Gasteiger charge is 2.21. The third kappa shape index (κ3) is 3.17. The molecule has 0 aliphatic rings. The zero-order valence-electron chi connectivity index (χ0n) is 10.1. The number of hydrogen-bond donors (Lipinski definition) is 1. The van der Waals surface area contributed by atoms with Gasteiger partial charge >= 0.3 is 5.97 Å². The highest BCUT2D eigenvalue weighted by atomic mass is 19.1. The molecule has 5 heteroatoms. The minimum atomic E-state index is -0.949. The highest BCUT2D eigenvalue weighted by Crippen LogP contribution is 2.30. The molecule has 0 bridgehead atoms. The summed E-state index contributed by atoms with van der Waals surface area (Å²) < 4.78 is 18.8. The van der Waals surface area contributed by atoms with Crippen molar-refractivity contribution in [2.45, 2.75) is 13.0 Å². The van der Waals surface area contributed by atoms with Crippen molar-refractivity contribution in [3.63, 3.8) is 0 Å². The van der Waals surface area contributed by atoms with Crippen LogP contribution in [0.4, 0.5) is 4.39 Å². The number of aliphatic carboxylic acids is 1. The van der Waals surface area contributed by atoms with E-state index in [4.69, 9.17) is 9.84 Å². The average molecular weight is 241 g/mol. The van der Waals surface area contributed by atoms with E-state index < -0.39 is 11.8 Å². The summed E-state index contributed by atoms with van der Waals surface area (Å²) in [5.74, 6) is -0.918. The van der Waals surface area contributed by atoms with Crippen LogP contribution in [0.3, 0.4) is 0 Å². The molecule has 0 aliphatic carbocycles. The molecule has 1 unspecified atom stereocenters. The predicted octanol–water partition coefficient (Wildman–Crippen LogP) is 1.91. The molecule has 4 nitrogen and oxygen atoms in total. The van der Waals surface area contributed by atoms with Gasteiger partial charge in [0, 0.05) is 11.6 Å². The van der Waals surface area contributed by atoms with Crippen molar-refractivity contribution in [1.29, 1.82) is 0 Å². The van der Waals surface area contributed by atoms with E-state index in [2.05, 4.69) is 0 Å². The topological polar surface area (TPSA) is 49.8 Å². The number of hydrogen-bond acceptors (Lipinski definition) is 3. The first-order valence-electron chi connectivity index (χ1n) is 5.21. The fourth-order valence-corrected chi connectivity index (χ4v) is 1.67. The van der Waals surface area contributed by atoms with E-state index in [0.29, 0.717) is 11.3 Å². The summed E-state index contributed by atoms with van der Waals surface area (Å²) in [7, 11) is 3.09. The average Bonchev–Trinajstić information content (AvgIpc) is 2.26. The lowest BCUT2D eigenvalue weighted by Crippen LogP contribution is -2.29. The van der Waals surface area contributed by atoms with Crippen LogP contribution in [0, 0.1) is 5.82 Å². The molecule has 1 N–H and O–H groups in total. The van der Waals surface area contributed by atoms with E-state index in [1.165, 1.54) is 13.2 Å². The molecule has 0 amide bonds. The summed E-state index contributed by atoms with van der Waals surface area (Å²) in [5.41, 5.74) is 0.374. The van der Waals surface area contributed by atoms with Gasteiger partial charge in [-0.25, -0.2) is 4.39 Å². The van der Waals surface area contributed by atoms with Gasteiger partial charge in [-0.3, -0.25) is 9.69 Å². The molecule has 1 rings (SSSR count). The number of likely N-dealkylation sites (N-methyl/N-ethyl adjacent to an activating group) is 1. The summed E-state index contributed by atoms with van der Waals surface area (Å²) >= 11 is 0. The van der Waals surface area contributed by atoms with Gasteiger partial charge in [-0.1, -0.05) is 6.07 Å². The normalized spacial score (nSPS) is 12.5. The van der Waals surface area contributed by atoms with Crippen LogP contribution in [0.5, 0.6) is 5.75 Å². The standard InChI is InChI=1S/C12H16FNO3/c1-8(14(2)7-11(15)16)12-9(13)5-4-6-10(12)17-3/h4-6,8H,7H2,1-3H3,(H,15,16). The fourth-order valence-electron chi connectivity index (χ4n) is 1.67. The van der Waals surface area contributed by atoms with Gasteiger partial charge in [0.1, 0.15) is 11.6 Å². The minimum Gasteiger partial charge on any atom is -0.496 e. The summed E-state index contributed by atoms with van der Waals surface area (Å²) in [6, 6.07) is 4.18. The highest BCUT2D eigenvalue weighted by molar-refractivity contribution is 5.69. The first-order chi connectivity index (χ1) is 7.97. The van der Waals surface area contributed by atoms with Gasteiger partial charge in [-0.05, 0) is 26.1 Å². The Bertz CT molecular complexity index is 409. The van der Waals surface area contributed by atoms with Crippen molar-refractivity contribution >= 4 is 5.97 Å². The number of rotatable bonds is 5. The molecular formula is C12H16FNO3. The minimum absolute atomic E-state index is 0.154. The monoisotopic (exact) mass is 241 g/mol. The Morgan fingerprint density at radius 2 is 2.24 bits per heavy atom. The van der Waals surface area contributed by atoms with Crippen molar-refractivity contribution in [3.05, 3.63) is 29.6 Å². The maximum atomic E-state index is 13.7. The van der Waals surface area contributed by atoms with Gasteiger partial charge in [0.05, 0.1) is 13.7 Å². The van der Waals surface area contributed by atoms with Crippen LogP contribution in [0.25, 0.3) is 0 Å². The van der Waals surface area contributed by atoms with E-state index in [-0.39, 0.29) is 12.6 Å². The third-order valence-corrected chi connectivity index (χ3v) is 2.70. The number of carboxylic acid groups (broad SMARTS) is 1. The summed E-state index contributed by atoms with van der Waals surface area (Å²) in [5, 5.41) is 8.71. The van der Waals surface area contributed by atoms with E-state index in [9.17, 15) is 9.18 Å². The Morgan fingerprint density at radius 1 is 1.59 bits per heavy atom. The molecular weight excluding hydrogens is 225 g/mol. The van der Waals surface area contributed by atoms with E-state index in [0.717, 1.165) is 0 Å². The smallest absolute Gasteiger partial charge is 0.317 e. The number of carboxylic acids is 1. The van der Waals surface area contributed by atoms with Gasteiger partial charge in [0.25, 0.3) is 0 Å². The molecule has 1 aromatic rings. The van der Waals surface area contributed by atoms with Crippen LogP contribution in [0.1, 0.15) is 18.5 Å². The van der Waals surface area contributed by atoms with Crippen LogP contribution in [-0.4, -0.2) is 36.7 Å². The van der Waals surface area contributed by atoms with Crippen LogP contribution in [0.15, 0.2) is 18.2 Å². The Balaban J connectivity index is 3.02. The zero-order chi connectivity index (χ0) is 13.0. The maximum Gasteiger partial charge on any atom is 0.317 e. The van der Waals surface area contributed by atoms with Gasteiger partial charge in [0.15, 0.2) is 0 Å². The number of ether oxygens (including phenoxy) is 1. The summed E-state index contributed by atoms with van der Waals surface area (Å²) in [6.45, 7) is 1.59. The summed E-state index contributed by atoms with van der Waals surface area (Å²) in [4.78, 5) is 12.2. The Labute approximate surface area is 99.6 Å². The molecule has 0 heterocycles. The lowest BCUT2D eigenvalue weighted by molar-refractivity contribution is -0.138. The molecule has 0 saturated heterocycles. The fraction of sp³-hybridized carbons (Fsp3) is 0.417. The number of carbonyl (C=O) groups is 1. The van der Waals surface area contributed by atoms with Gasteiger partial charge in [-0.15, -0.1) is 0 Å². The molecule has 0 aliphatic heterocycles. The summed E-state index contributed by atoms with van der Waals surface area (Å²) in [6.07, 6.45) is 0. The first-order valence-corrected chi connectivity index (χ1v) is 5.21. The molecule has 0 aromatic heterocycles. The van der Waals surface area contributed by atoms with Gasteiger partial charge in [0.2, 0.25) is 0 Å². The lowest BCUT2D eigenvalue weighted by Gasteiger charge is -2.25. The number of benzene rings is 1. The van der Waals surface area contributed by atoms with Crippen LogP contribution in [-0.2, 0) is 4.79 Å². The number of nitrogens with zero attached hydrogens (tertiary/aromatic N) is 1. The Morgan fingerprint density at radius 3 is 2.76 bits per heavy atom. The second kappa shape index (κ2) is 5.63. The Hall–Kier alpha value is -1.62. The zero-order valence-corrected chi connectivity index (χ0v) is 10.1. The van der Waals surface area contributed by atoms with Crippen molar-refractivity contribution in [2.24, 2.45) is 0 Å². The predicted molar refractivity (Wildman–Crippen MR) is 61.6 cm³/mol. The molecule has 0 radical (unpaired) electrons. The molecule has 0 saturated carbocycles. The van der Waals surface area contributed by atoms with Crippen molar-refractivity contribution in [3.8, 4) is 5.75 Å². The quantitative estimate of drug-likeness (QED) is 0.855.